The second-order valence-electron chi connectivity index (χ2n) is 1.80. The van der Waals surface area contributed by atoms with E-state index < -0.39 is 0 Å². The molecule has 1 aromatic heterocycles. The van der Waals surface area contributed by atoms with Crippen molar-refractivity contribution in [3.05, 3.63) is 11.6 Å². The molecule has 0 aliphatic carbocycles. The summed E-state index contributed by atoms with van der Waals surface area (Å²) in [4.78, 5) is 10.8. The number of hydrogen-bond donors (Lipinski definition) is 1. The lowest BCUT2D eigenvalue weighted by atomic mass is 10.4. The van der Waals surface area contributed by atoms with Gasteiger partial charge < -0.3 is 5.32 Å². The molecule has 0 atom stereocenters. The third kappa shape index (κ3) is 2.35. The number of carbonyl (C=O) groups is 1. The maximum absolute atomic E-state index is 10.8. The van der Waals surface area contributed by atoms with E-state index in [1.54, 1.807) is 17.6 Å². The highest BCUT2D eigenvalue weighted by molar-refractivity contribution is 7.04. The van der Waals surface area contributed by atoms with Crippen molar-refractivity contribution in [2.75, 3.05) is 5.32 Å². The summed E-state index contributed by atoms with van der Waals surface area (Å²) in [5.41, 5.74) is 0.648. The van der Waals surface area contributed by atoms with Crippen molar-refractivity contribution in [2.24, 2.45) is 0 Å². The minimum atomic E-state index is -0.298. The van der Waals surface area contributed by atoms with Crippen LogP contribution in [0.1, 0.15) is 6.42 Å². The molecule has 0 fully saturated rings. The number of nitriles is 1. The SMILES string of the molecule is N#CCC(=O)Nc1cnsc1. The van der Waals surface area contributed by atoms with Gasteiger partial charge >= 0.3 is 0 Å². The number of aromatic nitrogens is 1. The van der Waals surface area contributed by atoms with Crippen LogP contribution in [0, 0.1) is 11.3 Å². The Labute approximate surface area is 67.6 Å². The first-order chi connectivity index (χ1) is 5.33. The second-order valence-corrected chi connectivity index (χ2v) is 2.45. The molecule has 0 radical (unpaired) electrons. The van der Waals surface area contributed by atoms with E-state index in [4.69, 9.17) is 5.26 Å². The van der Waals surface area contributed by atoms with Gasteiger partial charge in [-0.05, 0) is 11.5 Å². The Morgan fingerprint density at radius 1 is 1.91 bits per heavy atom. The summed E-state index contributed by atoms with van der Waals surface area (Å²) in [6.07, 6.45) is 1.43. The summed E-state index contributed by atoms with van der Waals surface area (Å²) in [6, 6.07) is 1.75. The van der Waals surface area contributed by atoms with Crippen molar-refractivity contribution in [3.8, 4) is 6.07 Å². The van der Waals surface area contributed by atoms with Gasteiger partial charge in [0.25, 0.3) is 0 Å². The van der Waals surface area contributed by atoms with E-state index >= 15 is 0 Å². The first-order valence-electron chi connectivity index (χ1n) is 2.89. The minimum Gasteiger partial charge on any atom is -0.323 e. The minimum absolute atomic E-state index is 0.115. The summed E-state index contributed by atoms with van der Waals surface area (Å²) in [6.45, 7) is 0. The zero-order chi connectivity index (χ0) is 8.10. The number of anilines is 1. The lowest BCUT2D eigenvalue weighted by Crippen LogP contribution is -2.08. The smallest absolute Gasteiger partial charge is 0.238 e. The molecular formula is C6H5N3OS. The van der Waals surface area contributed by atoms with Crippen molar-refractivity contribution in [1.29, 1.82) is 5.26 Å². The fourth-order valence-corrected chi connectivity index (χ4v) is 1.01. The first kappa shape index (κ1) is 7.69. The topological polar surface area (TPSA) is 65.8 Å². The van der Waals surface area contributed by atoms with Crippen molar-refractivity contribution in [1.82, 2.24) is 4.37 Å². The Morgan fingerprint density at radius 3 is 3.27 bits per heavy atom. The molecule has 0 spiro atoms. The number of rotatable bonds is 2. The van der Waals surface area contributed by atoms with Gasteiger partial charge in [-0.1, -0.05) is 0 Å². The fourth-order valence-electron chi connectivity index (χ4n) is 0.544. The third-order valence-electron chi connectivity index (χ3n) is 0.956. The number of hydrogen-bond acceptors (Lipinski definition) is 4. The molecule has 0 aliphatic rings. The highest BCUT2D eigenvalue weighted by Gasteiger charge is 2.00. The predicted octanol–water partition coefficient (Wildman–Crippen LogP) is 0.995. The molecule has 1 amide bonds. The van der Waals surface area contributed by atoms with Crippen LogP contribution >= 0.6 is 11.5 Å². The zero-order valence-electron chi connectivity index (χ0n) is 5.57. The van der Waals surface area contributed by atoms with Crippen molar-refractivity contribution in [3.63, 3.8) is 0 Å². The van der Waals surface area contributed by atoms with Gasteiger partial charge in [0.05, 0.1) is 18.0 Å². The predicted molar refractivity (Wildman–Crippen MR) is 41.0 cm³/mol. The van der Waals surface area contributed by atoms with E-state index in [1.807, 2.05) is 0 Å². The van der Waals surface area contributed by atoms with Crippen LogP contribution in [0.3, 0.4) is 0 Å². The first-order valence-corrected chi connectivity index (χ1v) is 3.73. The fraction of sp³-hybridized carbons (Fsp3) is 0.167. The molecular weight excluding hydrogens is 162 g/mol. The molecule has 56 valence electrons. The van der Waals surface area contributed by atoms with Crippen LogP contribution in [-0.4, -0.2) is 10.3 Å². The summed E-state index contributed by atoms with van der Waals surface area (Å²) < 4.78 is 3.78. The Hall–Kier alpha value is -1.41. The van der Waals surface area contributed by atoms with Gasteiger partial charge in [-0.15, -0.1) is 0 Å². The number of amides is 1. The van der Waals surface area contributed by atoms with Gasteiger partial charge in [0, 0.05) is 5.38 Å². The van der Waals surface area contributed by atoms with Gasteiger partial charge in [-0.2, -0.15) is 9.64 Å². The molecule has 0 aromatic carbocycles. The Bertz CT molecular complexity index is 275. The second kappa shape index (κ2) is 3.68. The van der Waals surface area contributed by atoms with Crippen LogP contribution in [0.15, 0.2) is 11.6 Å². The van der Waals surface area contributed by atoms with Gasteiger partial charge in [0.15, 0.2) is 0 Å². The molecule has 4 nitrogen and oxygen atoms in total. The summed E-state index contributed by atoms with van der Waals surface area (Å²) in [5, 5.41) is 12.4. The Balaban J connectivity index is 2.45. The molecule has 0 aliphatic heterocycles. The van der Waals surface area contributed by atoms with Crippen LogP contribution in [-0.2, 0) is 4.79 Å². The average molecular weight is 167 g/mol. The zero-order valence-corrected chi connectivity index (χ0v) is 6.39. The highest BCUT2D eigenvalue weighted by atomic mass is 32.1. The van der Waals surface area contributed by atoms with Gasteiger partial charge in [0.2, 0.25) is 5.91 Å². The van der Waals surface area contributed by atoms with E-state index in [1.165, 1.54) is 11.5 Å². The molecule has 0 saturated carbocycles. The molecule has 1 aromatic rings. The summed E-state index contributed by atoms with van der Waals surface area (Å²) in [7, 11) is 0. The summed E-state index contributed by atoms with van der Waals surface area (Å²) >= 11 is 1.25. The molecule has 1 N–H and O–H groups in total. The standard InChI is InChI=1S/C6H5N3OS/c7-2-1-6(10)9-5-3-8-11-4-5/h3-4H,1H2,(H,9,10). The lowest BCUT2D eigenvalue weighted by molar-refractivity contribution is -0.115. The Kier molecular flexibility index (Phi) is 2.58. The molecule has 0 unspecified atom stereocenters. The van der Waals surface area contributed by atoms with Crippen molar-refractivity contribution >= 4 is 23.1 Å². The van der Waals surface area contributed by atoms with Crippen LogP contribution in [0.25, 0.3) is 0 Å². The Morgan fingerprint density at radius 2 is 2.73 bits per heavy atom. The van der Waals surface area contributed by atoms with Crippen LogP contribution < -0.4 is 5.32 Å². The van der Waals surface area contributed by atoms with E-state index in [-0.39, 0.29) is 12.3 Å². The summed E-state index contributed by atoms with van der Waals surface area (Å²) in [5.74, 6) is -0.298. The van der Waals surface area contributed by atoms with Crippen LogP contribution in [0.4, 0.5) is 5.69 Å². The van der Waals surface area contributed by atoms with E-state index in [0.717, 1.165) is 0 Å². The molecule has 11 heavy (non-hydrogen) atoms. The van der Waals surface area contributed by atoms with E-state index in [2.05, 4.69) is 9.69 Å². The van der Waals surface area contributed by atoms with Gasteiger partial charge in [0.1, 0.15) is 6.42 Å². The van der Waals surface area contributed by atoms with Gasteiger partial charge in [-0.25, -0.2) is 0 Å². The maximum atomic E-state index is 10.8. The van der Waals surface area contributed by atoms with E-state index in [9.17, 15) is 4.79 Å². The number of carbonyl (C=O) groups excluding carboxylic acids is 1. The van der Waals surface area contributed by atoms with Crippen molar-refractivity contribution in [2.45, 2.75) is 6.42 Å². The molecule has 0 saturated heterocycles. The number of nitrogens with zero attached hydrogens (tertiary/aromatic N) is 2. The maximum Gasteiger partial charge on any atom is 0.238 e. The van der Waals surface area contributed by atoms with Crippen LogP contribution in [0.2, 0.25) is 0 Å². The largest absolute Gasteiger partial charge is 0.323 e. The molecule has 1 rings (SSSR count). The molecule has 5 heteroatoms. The van der Waals surface area contributed by atoms with Crippen molar-refractivity contribution < 1.29 is 4.79 Å². The van der Waals surface area contributed by atoms with Crippen LogP contribution in [0.5, 0.6) is 0 Å². The normalized spacial score (nSPS) is 8.64. The highest BCUT2D eigenvalue weighted by Crippen LogP contribution is 2.07. The third-order valence-corrected chi connectivity index (χ3v) is 1.54. The quantitative estimate of drug-likeness (QED) is 0.714. The monoisotopic (exact) mass is 167 g/mol. The lowest BCUT2D eigenvalue weighted by Gasteiger charge is -1.94. The number of nitrogens with one attached hydrogen (secondary N) is 1. The molecule has 1 heterocycles. The van der Waals surface area contributed by atoms with Gasteiger partial charge in [-0.3, -0.25) is 4.79 Å². The van der Waals surface area contributed by atoms with E-state index in [0.29, 0.717) is 5.69 Å². The molecule has 0 bridgehead atoms. The average Bonchev–Trinajstić information content (AvgIpc) is 2.40.